The van der Waals surface area contributed by atoms with Crippen LogP contribution in [-0.2, 0) is 35.2 Å². The molecule has 6 aromatic carbocycles. The van der Waals surface area contributed by atoms with Gasteiger partial charge >= 0.3 is 0 Å². The molecular formula is C61H51N9. The smallest absolute Gasteiger partial charge is 0.140 e. The maximum atomic E-state index is 4.41. The Balaban J connectivity index is 0.0000000952. The van der Waals surface area contributed by atoms with E-state index in [0.717, 1.165) is 11.2 Å². The van der Waals surface area contributed by atoms with Crippen LogP contribution in [0.15, 0.2) is 219 Å². The second-order valence-corrected chi connectivity index (χ2v) is 17.4. The number of aryl methyl sites for hydroxylation is 5. The van der Waals surface area contributed by atoms with Gasteiger partial charge in [-0.3, -0.25) is 15.0 Å². The van der Waals surface area contributed by atoms with Crippen molar-refractivity contribution in [3.63, 3.8) is 0 Å². The van der Waals surface area contributed by atoms with E-state index >= 15 is 0 Å². The largest absolute Gasteiger partial charge is 0.344 e. The van der Waals surface area contributed by atoms with Crippen molar-refractivity contribution in [3.8, 4) is 0 Å². The monoisotopic (exact) mass is 909 g/mol. The van der Waals surface area contributed by atoms with Crippen molar-refractivity contribution in [1.29, 1.82) is 0 Å². The number of fused-ring (bicyclic) bond motifs is 15. The first-order chi connectivity index (χ1) is 34.4. The number of benzene rings is 6. The highest BCUT2D eigenvalue weighted by Crippen LogP contribution is 2.30. The summed E-state index contributed by atoms with van der Waals surface area (Å²) in [5.74, 6) is 0. The highest BCUT2D eigenvalue weighted by Gasteiger charge is 2.10. The zero-order valence-corrected chi connectivity index (χ0v) is 39.8. The Bertz CT molecular complexity index is 3420. The Morgan fingerprint density at radius 3 is 1.16 bits per heavy atom. The van der Waals surface area contributed by atoms with E-state index in [4.69, 9.17) is 0 Å². The van der Waals surface area contributed by atoms with Gasteiger partial charge in [0.05, 0.1) is 39.3 Å². The third-order valence-electron chi connectivity index (χ3n) is 13.6. The van der Waals surface area contributed by atoms with E-state index in [-0.39, 0.29) is 0 Å². The lowest BCUT2D eigenvalue weighted by Crippen LogP contribution is -1.87. The number of nitrogens with zero attached hydrogens (tertiary/aromatic N) is 9. The maximum Gasteiger partial charge on any atom is 0.140 e. The molecule has 0 atom stereocenters. The summed E-state index contributed by atoms with van der Waals surface area (Å²) in [6, 6.07) is 62.9. The van der Waals surface area contributed by atoms with E-state index in [2.05, 4.69) is 248 Å². The second-order valence-electron chi connectivity index (χ2n) is 17.4. The van der Waals surface area contributed by atoms with Crippen LogP contribution < -0.4 is 0 Å². The summed E-state index contributed by atoms with van der Waals surface area (Å²) in [7, 11) is 10.4. The Labute approximate surface area is 404 Å². The average Bonchev–Trinajstić information content (AvgIpc) is 4.18. The van der Waals surface area contributed by atoms with Gasteiger partial charge in [-0.15, -0.1) is 0 Å². The molecule has 0 unspecified atom stereocenters. The van der Waals surface area contributed by atoms with E-state index in [1.807, 2.05) is 49.3 Å². The topological polar surface area (TPSA) is 76.2 Å². The molecule has 0 saturated carbocycles. The quantitative estimate of drug-likeness (QED) is 0.152. The average molecular weight is 910 g/mol. The van der Waals surface area contributed by atoms with Crippen molar-refractivity contribution in [2.75, 3.05) is 0 Å². The lowest BCUT2D eigenvalue weighted by molar-refractivity contribution is 0.990. The summed E-state index contributed by atoms with van der Waals surface area (Å²) in [4.78, 5) is 17.1. The fraction of sp³-hybridized carbons (Fsp3) is 0.0820. The van der Waals surface area contributed by atoms with Crippen molar-refractivity contribution in [1.82, 2.24) is 42.8 Å². The molecule has 0 fully saturated rings. The molecule has 9 heterocycles. The minimum absolute atomic E-state index is 1.05. The molecule has 0 aliphatic carbocycles. The molecule has 15 rings (SSSR count). The summed E-state index contributed by atoms with van der Waals surface area (Å²) in [6.45, 7) is 0. The number of para-hydroxylation sites is 6. The van der Waals surface area contributed by atoms with E-state index in [1.54, 1.807) is 0 Å². The first-order valence-electron chi connectivity index (χ1n) is 23.4. The van der Waals surface area contributed by atoms with Gasteiger partial charge in [0.1, 0.15) is 5.65 Å². The molecule has 0 bridgehead atoms. The number of aromatic nitrogens is 9. The highest BCUT2D eigenvalue weighted by molar-refractivity contribution is 6.10. The summed E-state index contributed by atoms with van der Waals surface area (Å²) >= 11 is 0. The number of hydrogen-bond donors (Lipinski definition) is 0. The van der Waals surface area contributed by atoms with Gasteiger partial charge in [0, 0.05) is 137 Å². The molecule has 9 nitrogen and oxygen atoms in total. The molecule has 15 aromatic rings. The van der Waals surface area contributed by atoms with E-state index in [9.17, 15) is 0 Å². The molecule has 0 amide bonds. The predicted octanol–water partition coefficient (Wildman–Crippen LogP) is 14.2. The van der Waals surface area contributed by atoms with Crippen LogP contribution in [0.3, 0.4) is 0 Å². The Morgan fingerprint density at radius 1 is 0.243 bits per heavy atom. The summed E-state index contributed by atoms with van der Waals surface area (Å²) in [5, 5.41) is 11.5. The Morgan fingerprint density at radius 2 is 0.586 bits per heavy atom. The van der Waals surface area contributed by atoms with Crippen LogP contribution >= 0.6 is 0 Å². The minimum atomic E-state index is 1.05. The SMILES string of the molecule is Cn1c2ccccc2c2ccccc21.Cn1c2ccccc2c2cccnc21.Cn1c2ccccc2c2ccncc21.Cn1c2ccccc2c2cnccc21.Cn1c2ccccc2c2ncccc21. The van der Waals surface area contributed by atoms with Gasteiger partial charge in [-0.25, -0.2) is 4.98 Å². The first kappa shape index (κ1) is 43.5. The molecular weight excluding hydrogens is 859 g/mol. The van der Waals surface area contributed by atoms with Crippen LogP contribution in [-0.4, -0.2) is 42.8 Å². The van der Waals surface area contributed by atoms with Crippen LogP contribution in [0, 0.1) is 0 Å². The van der Waals surface area contributed by atoms with Crippen LogP contribution in [0.4, 0.5) is 0 Å². The molecule has 340 valence electrons. The predicted molar refractivity (Wildman–Crippen MR) is 293 cm³/mol. The zero-order chi connectivity index (χ0) is 47.7. The van der Waals surface area contributed by atoms with Gasteiger partial charge in [-0.05, 0) is 72.8 Å². The van der Waals surface area contributed by atoms with Crippen molar-refractivity contribution >= 4 is 109 Å². The lowest BCUT2D eigenvalue weighted by atomic mass is 10.2. The van der Waals surface area contributed by atoms with Crippen LogP contribution in [0.2, 0.25) is 0 Å². The molecule has 0 aliphatic heterocycles. The first-order valence-corrected chi connectivity index (χ1v) is 23.4. The van der Waals surface area contributed by atoms with Crippen LogP contribution in [0.25, 0.3) is 109 Å². The molecule has 9 aromatic heterocycles. The summed E-state index contributed by atoms with van der Waals surface area (Å²) in [6.07, 6.45) is 11.2. The van der Waals surface area contributed by atoms with Gasteiger partial charge < -0.3 is 22.8 Å². The zero-order valence-electron chi connectivity index (χ0n) is 39.8. The second kappa shape index (κ2) is 18.5. The summed E-state index contributed by atoms with van der Waals surface area (Å²) in [5.41, 5.74) is 13.3. The fourth-order valence-corrected chi connectivity index (χ4v) is 10.1. The molecule has 0 saturated heterocycles. The van der Waals surface area contributed by atoms with Gasteiger partial charge in [0.25, 0.3) is 0 Å². The van der Waals surface area contributed by atoms with Gasteiger partial charge in [0.15, 0.2) is 0 Å². The fourth-order valence-electron chi connectivity index (χ4n) is 10.1. The molecule has 0 N–H and O–H groups in total. The highest BCUT2D eigenvalue weighted by atomic mass is 15.0. The standard InChI is InChI=1S/C13H11N.4C12H10N2/c1-14-12-8-4-2-6-10(12)11-7-3-5-9-13(11)14;1-14-11-7-3-2-5-9(11)10-6-4-8-13-12(10)14;1-14-10-6-3-2-5-9(10)12-11(14)7-4-8-13-12;1-14-11-5-3-2-4-9(11)10-8-13-7-6-12(10)14;1-14-11-5-3-2-4-9(11)10-6-7-13-8-12(10)14/h2-9H,1H3;4*2-8H,1H3. The molecule has 70 heavy (non-hydrogen) atoms. The normalized spacial score (nSPS) is 11.2. The van der Waals surface area contributed by atoms with Gasteiger partial charge in [-0.2, -0.15) is 0 Å². The van der Waals surface area contributed by atoms with Crippen LogP contribution in [0.1, 0.15) is 0 Å². The van der Waals surface area contributed by atoms with Gasteiger partial charge in [-0.1, -0.05) is 109 Å². The number of hydrogen-bond acceptors (Lipinski definition) is 4. The van der Waals surface area contributed by atoms with Gasteiger partial charge in [0.2, 0.25) is 0 Å². The minimum Gasteiger partial charge on any atom is -0.344 e. The maximum absolute atomic E-state index is 4.41. The number of rotatable bonds is 0. The Kier molecular flexibility index (Phi) is 11.5. The molecule has 0 spiro atoms. The van der Waals surface area contributed by atoms with Crippen molar-refractivity contribution in [3.05, 3.63) is 219 Å². The molecule has 9 heteroatoms. The van der Waals surface area contributed by atoms with Crippen molar-refractivity contribution in [2.45, 2.75) is 0 Å². The van der Waals surface area contributed by atoms with Crippen LogP contribution in [0.5, 0.6) is 0 Å². The van der Waals surface area contributed by atoms with E-state index in [1.165, 1.54) is 98.1 Å². The van der Waals surface area contributed by atoms with E-state index < -0.39 is 0 Å². The molecule has 0 aliphatic rings. The number of pyridine rings is 4. The Hall–Kier alpha value is -9.08. The van der Waals surface area contributed by atoms with Crippen molar-refractivity contribution < 1.29 is 0 Å². The van der Waals surface area contributed by atoms with E-state index in [0.29, 0.717) is 0 Å². The lowest BCUT2D eigenvalue weighted by Gasteiger charge is -1.95. The third-order valence-corrected chi connectivity index (χ3v) is 13.6. The summed E-state index contributed by atoms with van der Waals surface area (Å²) < 4.78 is 10.9. The third kappa shape index (κ3) is 7.63. The molecule has 0 radical (unpaired) electrons. The van der Waals surface area contributed by atoms with Crippen molar-refractivity contribution in [2.24, 2.45) is 35.2 Å².